The summed E-state index contributed by atoms with van der Waals surface area (Å²) in [4.78, 5) is 21.1. The van der Waals surface area contributed by atoms with Crippen molar-refractivity contribution < 1.29 is 9.90 Å². The van der Waals surface area contributed by atoms with E-state index in [1.54, 1.807) is 4.90 Å². The van der Waals surface area contributed by atoms with Gasteiger partial charge >= 0.3 is 0 Å². The Morgan fingerprint density at radius 2 is 1.75 bits per heavy atom. The number of piperidine rings is 1. The average molecular weight is 389 g/mol. The van der Waals surface area contributed by atoms with Gasteiger partial charge in [0.05, 0.1) is 11.5 Å². The molecule has 0 saturated carbocycles. The smallest absolute Gasteiger partial charge is 0.227 e. The maximum absolute atomic E-state index is 12.5. The minimum absolute atomic E-state index is 0.0289. The first-order valence-corrected chi connectivity index (χ1v) is 10.4. The number of rotatable bonds is 4. The fourth-order valence-corrected chi connectivity index (χ4v) is 4.42. The second kappa shape index (κ2) is 8.80. The molecule has 3 rings (SSSR count). The number of likely N-dealkylation sites (N-methyl/N-ethyl adjacent to an activating group) is 1. The molecule has 1 amide bonds. The number of nitrogens with zero attached hydrogens (tertiary/aromatic N) is 4. The van der Waals surface area contributed by atoms with Gasteiger partial charge in [-0.2, -0.15) is 0 Å². The van der Waals surface area contributed by atoms with Crippen molar-refractivity contribution in [3.63, 3.8) is 0 Å². The number of aryl methyl sites for hydroxylation is 1. The molecule has 0 unspecified atom stereocenters. The summed E-state index contributed by atoms with van der Waals surface area (Å²) in [7, 11) is 5.73. The zero-order valence-corrected chi connectivity index (χ0v) is 17.9. The van der Waals surface area contributed by atoms with Crippen LogP contribution in [0.25, 0.3) is 0 Å². The number of anilines is 1. The van der Waals surface area contributed by atoms with Crippen LogP contribution in [0.5, 0.6) is 0 Å². The molecule has 2 heterocycles. The standard InChI is InChI=1S/C22H36N4O2/c1-18-5-7-20(8-6-18)26-11-9-22(28,10-12-26)17-25-14-13-24(4)15-19(16-25)21(27)23(2)3/h5-8,19,28H,9-17H2,1-4H3/t19-/m1/s1. The summed E-state index contributed by atoms with van der Waals surface area (Å²) in [5, 5.41) is 11.2. The third-order valence-corrected chi connectivity index (χ3v) is 6.21. The van der Waals surface area contributed by atoms with Crippen LogP contribution in [-0.2, 0) is 4.79 Å². The molecule has 1 atom stereocenters. The topological polar surface area (TPSA) is 50.3 Å². The van der Waals surface area contributed by atoms with Crippen LogP contribution in [0.4, 0.5) is 5.69 Å². The molecule has 2 aliphatic heterocycles. The summed E-state index contributed by atoms with van der Waals surface area (Å²) in [5.41, 5.74) is 1.83. The van der Waals surface area contributed by atoms with Gasteiger partial charge in [-0.05, 0) is 38.9 Å². The van der Waals surface area contributed by atoms with Crippen molar-refractivity contribution in [3.8, 4) is 0 Å². The number of amides is 1. The second-order valence-electron chi connectivity index (χ2n) is 8.97. The van der Waals surface area contributed by atoms with E-state index in [-0.39, 0.29) is 11.8 Å². The summed E-state index contributed by atoms with van der Waals surface area (Å²) >= 11 is 0. The van der Waals surface area contributed by atoms with Crippen molar-refractivity contribution in [1.29, 1.82) is 0 Å². The molecule has 6 nitrogen and oxygen atoms in total. The third kappa shape index (κ3) is 5.25. The van der Waals surface area contributed by atoms with E-state index >= 15 is 0 Å². The average Bonchev–Trinajstić information content (AvgIpc) is 2.83. The number of carbonyl (C=O) groups excluding carboxylic acids is 1. The SMILES string of the molecule is Cc1ccc(N2CCC(O)(CN3CCN(C)C[C@@H](C(=O)N(C)C)C3)CC2)cc1. The molecule has 156 valence electrons. The number of β-amino-alcohol motifs (C(OH)–C–C–N with tert-alkyl or cyclic N) is 1. The number of hydrogen-bond donors (Lipinski definition) is 1. The van der Waals surface area contributed by atoms with Gasteiger partial charge in [-0.1, -0.05) is 17.7 Å². The van der Waals surface area contributed by atoms with Crippen LogP contribution in [0.1, 0.15) is 18.4 Å². The zero-order chi connectivity index (χ0) is 20.3. The first-order valence-electron chi connectivity index (χ1n) is 10.4. The van der Waals surface area contributed by atoms with E-state index in [1.807, 2.05) is 14.1 Å². The predicted octanol–water partition coefficient (Wildman–Crippen LogP) is 1.28. The molecule has 0 aliphatic carbocycles. The van der Waals surface area contributed by atoms with Crippen molar-refractivity contribution in [2.45, 2.75) is 25.4 Å². The number of benzene rings is 1. The molecular weight excluding hydrogens is 352 g/mol. The Kier molecular flexibility index (Phi) is 6.63. The van der Waals surface area contributed by atoms with Gasteiger partial charge in [-0.15, -0.1) is 0 Å². The summed E-state index contributed by atoms with van der Waals surface area (Å²) in [6, 6.07) is 8.63. The van der Waals surface area contributed by atoms with Crippen LogP contribution in [0.2, 0.25) is 0 Å². The molecular formula is C22H36N4O2. The minimum Gasteiger partial charge on any atom is -0.388 e. The molecule has 1 aromatic carbocycles. The molecule has 0 bridgehead atoms. The molecule has 1 N–H and O–H groups in total. The summed E-state index contributed by atoms with van der Waals surface area (Å²) in [6.45, 7) is 7.84. The molecule has 0 spiro atoms. The molecule has 28 heavy (non-hydrogen) atoms. The zero-order valence-electron chi connectivity index (χ0n) is 17.9. The highest BCUT2D eigenvalue weighted by Crippen LogP contribution is 2.28. The van der Waals surface area contributed by atoms with Crippen LogP contribution in [0.15, 0.2) is 24.3 Å². The van der Waals surface area contributed by atoms with Gasteiger partial charge in [-0.25, -0.2) is 0 Å². The van der Waals surface area contributed by atoms with Gasteiger partial charge in [0, 0.05) is 65.6 Å². The van der Waals surface area contributed by atoms with Crippen molar-refractivity contribution in [3.05, 3.63) is 29.8 Å². The molecule has 1 aromatic rings. The first kappa shape index (κ1) is 21.1. The van der Waals surface area contributed by atoms with E-state index in [9.17, 15) is 9.90 Å². The highest BCUT2D eigenvalue weighted by molar-refractivity contribution is 5.78. The molecule has 0 aromatic heterocycles. The monoisotopic (exact) mass is 388 g/mol. The van der Waals surface area contributed by atoms with Crippen molar-refractivity contribution in [2.75, 3.05) is 71.9 Å². The first-order chi connectivity index (χ1) is 13.3. The second-order valence-corrected chi connectivity index (χ2v) is 8.97. The van der Waals surface area contributed by atoms with Crippen LogP contribution < -0.4 is 4.90 Å². The van der Waals surface area contributed by atoms with Gasteiger partial charge in [0.25, 0.3) is 0 Å². The summed E-state index contributed by atoms with van der Waals surface area (Å²) in [5.74, 6) is 0.152. The fraction of sp³-hybridized carbons (Fsp3) is 0.682. The van der Waals surface area contributed by atoms with Gasteiger partial charge in [0.15, 0.2) is 0 Å². The van der Waals surface area contributed by atoms with Crippen molar-refractivity contribution in [2.24, 2.45) is 5.92 Å². The number of aliphatic hydroxyl groups is 1. The third-order valence-electron chi connectivity index (χ3n) is 6.21. The Hall–Kier alpha value is -1.63. The Labute approximate surface area is 169 Å². The lowest BCUT2D eigenvalue weighted by Crippen LogP contribution is -2.52. The van der Waals surface area contributed by atoms with Crippen LogP contribution in [0.3, 0.4) is 0 Å². The number of hydrogen-bond acceptors (Lipinski definition) is 5. The maximum atomic E-state index is 12.5. The summed E-state index contributed by atoms with van der Waals surface area (Å²) < 4.78 is 0. The van der Waals surface area contributed by atoms with E-state index in [2.05, 4.69) is 52.9 Å². The molecule has 6 heteroatoms. The van der Waals surface area contributed by atoms with Crippen LogP contribution in [-0.4, -0.2) is 98.3 Å². The molecule has 2 fully saturated rings. The van der Waals surface area contributed by atoms with Crippen molar-refractivity contribution in [1.82, 2.24) is 14.7 Å². The van der Waals surface area contributed by atoms with Crippen LogP contribution >= 0.6 is 0 Å². The Morgan fingerprint density at radius 3 is 2.36 bits per heavy atom. The van der Waals surface area contributed by atoms with Gasteiger partial charge < -0.3 is 19.8 Å². The summed E-state index contributed by atoms with van der Waals surface area (Å²) in [6.07, 6.45) is 1.53. The highest BCUT2D eigenvalue weighted by Gasteiger charge is 2.36. The minimum atomic E-state index is -0.671. The Balaban J connectivity index is 1.59. The Bertz CT molecular complexity index is 653. The fourth-order valence-electron chi connectivity index (χ4n) is 4.42. The van der Waals surface area contributed by atoms with Crippen molar-refractivity contribution >= 4 is 11.6 Å². The van der Waals surface area contributed by atoms with Crippen LogP contribution in [0, 0.1) is 12.8 Å². The highest BCUT2D eigenvalue weighted by atomic mass is 16.3. The van der Waals surface area contributed by atoms with Gasteiger partial charge in [0.2, 0.25) is 5.91 Å². The van der Waals surface area contributed by atoms with E-state index in [0.717, 1.165) is 52.1 Å². The van der Waals surface area contributed by atoms with E-state index in [4.69, 9.17) is 0 Å². The lowest BCUT2D eigenvalue weighted by Gasteiger charge is -2.42. The van der Waals surface area contributed by atoms with E-state index in [1.165, 1.54) is 11.3 Å². The maximum Gasteiger partial charge on any atom is 0.227 e. The molecule has 2 saturated heterocycles. The normalized spacial score (nSPS) is 24.0. The quantitative estimate of drug-likeness (QED) is 0.842. The molecule has 0 radical (unpaired) electrons. The molecule has 2 aliphatic rings. The van der Waals surface area contributed by atoms with E-state index < -0.39 is 5.60 Å². The largest absolute Gasteiger partial charge is 0.388 e. The lowest BCUT2D eigenvalue weighted by atomic mass is 9.90. The lowest BCUT2D eigenvalue weighted by molar-refractivity contribution is -0.134. The van der Waals surface area contributed by atoms with E-state index in [0.29, 0.717) is 6.54 Å². The number of carbonyl (C=O) groups is 1. The van der Waals surface area contributed by atoms with Gasteiger partial charge in [0.1, 0.15) is 0 Å². The van der Waals surface area contributed by atoms with Gasteiger partial charge in [-0.3, -0.25) is 9.69 Å². The Morgan fingerprint density at radius 1 is 1.11 bits per heavy atom. The predicted molar refractivity (Wildman–Crippen MR) is 114 cm³/mol.